The average Bonchev–Trinajstić information content (AvgIpc) is 2.84. The van der Waals surface area contributed by atoms with Crippen LogP contribution in [0.2, 0.25) is 0 Å². The first kappa shape index (κ1) is 27.1. The van der Waals surface area contributed by atoms with Crippen molar-refractivity contribution >= 4 is 12.4 Å². The maximum atomic E-state index is 12.3. The molecule has 3 atom stereocenters. The van der Waals surface area contributed by atoms with Gasteiger partial charge in [0.15, 0.2) is 12.4 Å². The van der Waals surface area contributed by atoms with E-state index < -0.39 is 24.3 Å². The number of carbonyl (C=O) groups excluding carboxylic acids is 2. The van der Waals surface area contributed by atoms with Gasteiger partial charge in [-0.3, -0.25) is 4.79 Å². The minimum Gasteiger partial charge on any atom is -0.497 e. The number of aliphatic hydroxyl groups is 1. The Kier molecular flexibility index (Phi) is 11.9. The first-order valence-electron chi connectivity index (χ1n) is 11.7. The second-order valence-corrected chi connectivity index (χ2v) is 8.12. The predicted octanol–water partition coefficient (Wildman–Crippen LogP) is 3.77. The highest BCUT2D eigenvalue weighted by Gasteiger charge is 2.26. The minimum atomic E-state index is -0.959. The van der Waals surface area contributed by atoms with Crippen LogP contribution in [-0.4, -0.2) is 61.0 Å². The molecule has 0 bridgehead atoms. The zero-order valence-electron chi connectivity index (χ0n) is 20.2. The van der Waals surface area contributed by atoms with Crippen LogP contribution in [-0.2, 0) is 16.0 Å². The summed E-state index contributed by atoms with van der Waals surface area (Å²) in [4.78, 5) is 29.2. The molecule has 0 aliphatic carbocycles. The fourth-order valence-corrected chi connectivity index (χ4v) is 3.37. The van der Waals surface area contributed by atoms with E-state index in [1.165, 1.54) is 6.92 Å². The number of carbonyl (C=O) groups is 2. The number of aliphatic hydroxyl groups excluding tert-OH is 1. The van der Waals surface area contributed by atoms with Crippen molar-refractivity contribution in [1.29, 1.82) is 0 Å². The Labute approximate surface area is 201 Å². The van der Waals surface area contributed by atoms with Crippen molar-refractivity contribution < 1.29 is 29.0 Å². The molecule has 0 aliphatic heterocycles. The van der Waals surface area contributed by atoms with Crippen molar-refractivity contribution in [2.45, 2.75) is 57.8 Å². The lowest BCUT2D eigenvalue weighted by atomic mass is 10.0. The van der Waals surface area contributed by atoms with Crippen LogP contribution in [0.4, 0.5) is 4.79 Å². The summed E-state index contributed by atoms with van der Waals surface area (Å²) in [7, 11) is 1.60. The van der Waals surface area contributed by atoms with Crippen molar-refractivity contribution in [3.63, 3.8) is 0 Å². The topological polar surface area (TPSA) is 97.3 Å². The third kappa shape index (κ3) is 9.80. The van der Waals surface area contributed by atoms with Gasteiger partial charge in [-0.05, 0) is 49.6 Å². The van der Waals surface area contributed by atoms with E-state index in [0.717, 1.165) is 30.6 Å². The maximum absolute atomic E-state index is 12.3. The summed E-state index contributed by atoms with van der Waals surface area (Å²) >= 11 is 0. The molecule has 8 nitrogen and oxygen atoms in total. The van der Waals surface area contributed by atoms with Crippen LogP contribution in [0.15, 0.2) is 54.6 Å². The van der Waals surface area contributed by atoms with Gasteiger partial charge in [0.25, 0.3) is 0 Å². The van der Waals surface area contributed by atoms with Gasteiger partial charge in [-0.15, -0.1) is 5.06 Å². The van der Waals surface area contributed by atoms with Crippen molar-refractivity contribution in [3.8, 4) is 11.5 Å². The van der Waals surface area contributed by atoms with Gasteiger partial charge in [-0.2, -0.15) is 0 Å². The standard InChI is InChI=1S/C26H36N2O6/c1-4-5-9-16-28(34-23-14-12-22(32-3)13-15-23)18-25(30)24(17-21-10-7-6-8-11-21)27-26(31)33-20(2)19-29/h6-8,10-15,19-20,24-25,30H,4-5,9,16-18H2,1-3H3,(H,27,31). The highest BCUT2D eigenvalue weighted by Crippen LogP contribution is 2.19. The fraction of sp³-hybridized carbons (Fsp3) is 0.462. The number of hydrogen-bond donors (Lipinski definition) is 2. The molecule has 3 unspecified atom stereocenters. The lowest BCUT2D eigenvalue weighted by Crippen LogP contribution is -2.50. The van der Waals surface area contributed by atoms with Crippen LogP contribution in [0.5, 0.6) is 11.5 Å². The number of alkyl carbamates (subject to hydrolysis) is 1. The van der Waals surface area contributed by atoms with Crippen LogP contribution in [0, 0.1) is 0 Å². The van der Waals surface area contributed by atoms with E-state index in [-0.39, 0.29) is 6.54 Å². The average molecular weight is 473 g/mol. The number of ether oxygens (including phenoxy) is 2. The van der Waals surface area contributed by atoms with Crippen molar-refractivity contribution in [2.24, 2.45) is 0 Å². The molecule has 0 aliphatic rings. The fourth-order valence-electron chi connectivity index (χ4n) is 3.37. The van der Waals surface area contributed by atoms with E-state index in [1.807, 2.05) is 30.3 Å². The molecule has 0 fully saturated rings. The Morgan fingerprint density at radius 1 is 1.09 bits per heavy atom. The largest absolute Gasteiger partial charge is 0.497 e. The number of rotatable bonds is 15. The summed E-state index contributed by atoms with van der Waals surface area (Å²) in [5, 5.41) is 15.5. The van der Waals surface area contributed by atoms with Crippen LogP contribution in [0.3, 0.4) is 0 Å². The van der Waals surface area contributed by atoms with E-state index in [2.05, 4.69) is 12.2 Å². The summed E-state index contributed by atoms with van der Waals surface area (Å²) in [5.41, 5.74) is 0.948. The second-order valence-electron chi connectivity index (χ2n) is 8.12. The normalized spacial score (nSPS) is 13.6. The quantitative estimate of drug-likeness (QED) is 0.231. The number of amides is 1. The van der Waals surface area contributed by atoms with Gasteiger partial charge in [-0.25, -0.2) is 4.79 Å². The molecule has 0 heterocycles. The number of methoxy groups -OCH3 is 1. The number of nitrogens with one attached hydrogen (secondary N) is 1. The van der Waals surface area contributed by atoms with Gasteiger partial charge < -0.3 is 24.7 Å². The third-order valence-corrected chi connectivity index (χ3v) is 5.25. The van der Waals surface area contributed by atoms with Crippen molar-refractivity contribution in [2.75, 3.05) is 20.2 Å². The molecule has 0 aromatic heterocycles. The van der Waals surface area contributed by atoms with Crippen molar-refractivity contribution in [1.82, 2.24) is 10.4 Å². The number of hydroxylamine groups is 2. The Hall–Kier alpha value is -3.10. The molecular formula is C26H36N2O6. The van der Waals surface area contributed by atoms with Gasteiger partial charge in [0.1, 0.15) is 11.5 Å². The molecule has 0 radical (unpaired) electrons. The summed E-state index contributed by atoms with van der Waals surface area (Å²) in [6.45, 7) is 4.38. The third-order valence-electron chi connectivity index (χ3n) is 5.25. The van der Waals surface area contributed by atoms with Gasteiger partial charge in [-0.1, -0.05) is 50.1 Å². The van der Waals surface area contributed by atoms with Gasteiger partial charge in [0, 0.05) is 6.54 Å². The predicted molar refractivity (Wildman–Crippen MR) is 130 cm³/mol. The zero-order valence-corrected chi connectivity index (χ0v) is 20.2. The van der Waals surface area contributed by atoms with Crippen LogP contribution < -0.4 is 14.9 Å². The van der Waals surface area contributed by atoms with E-state index in [1.54, 1.807) is 36.4 Å². The Balaban J connectivity index is 2.13. The molecule has 2 N–H and O–H groups in total. The Morgan fingerprint density at radius 3 is 2.38 bits per heavy atom. The Bertz CT molecular complexity index is 846. The summed E-state index contributed by atoms with van der Waals surface area (Å²) in [5.74, 6) is 1.34. The lowest BCUT2D eigenvalue weighted by molar-refractivity contribution is -0.114. The summed E-state index contributed by atoms with van der Waals surface area (Å²) in [6, 6.07) is 16.1. The number of nitrogens with zero attached hydrogens (tertiary/aromatic N) is 1. The van der Waals surface area contributed by atoms with Gasteiger partial charge in [0.2, 0.25) is 0 Å². The first-order chi connectivity index (χ1) is 16.4. The number of unbranched alkanes of at least 4 members (excludes halogenated alkanes) is 2. The number of benzene rings is 2. The SMILES string of the molecule is CCCCCN(CC(O)C(Cc1ccccc1)NC(=O)OC(C)C=O)Oc1ccc(OC)cc1. The number of aldehydes is 1. The van der Waals surface area contributed by atoms with E-state index in [0.29, 0.717) is 25.0 Å². The molecule has 186 valence electrons. The van der Waals surface area contributed by atoms with E-state index >= 15 is 0 Å². The minimum absolute atomic E-state index is 0.163. The molecule has 0 spiro atoms. The molecule has 1 amide bonds. The molecule has 34 heavy (non-hydrogen) atoms. The molecule has 2 aromatic rings. The molecule has 0 saturated carbocycles. The molecule has 8 heteroatoms. The first-order valence-corrected chi connectivity index (χ1v) is 11.7. The lowest BCUT2D eigenvalue weighted by Gasteiger charge is -2.30. The molecular weight excluding hydrogens is 436 g/mol. The molecule has 0 saturated heterocycles. The monoisotopic (exact) mass is 472 g/mol. The summed E-state index contributed by atoms with van der Waals surface area (Å²) < 4.78 is 10.2. The van der Waals surface area contributed by atoms with E-state index in [9.17, 15) is 14.7 Å². The van der Waals surface area contributed by atoms with Crippen LogP contribution in [0.25, 0.3) is 0 Å². The van der Waals surface area contributed by atoms with Gasteiger partial charge in [0.05, 0.1) is 25.8 Å². The summed E-state index contributed by atoms with van der Waals surface area (Å²) in [6.07, 6.45) is 1.32. The molecule has 2 aromatic carbocycles. The van der Waals surface area contributed by atoms with Crippen LogP contribution in [0.1, 0.15) is 38.7 Å². The second kappa shape index (κ2) is 14.9. The zero-order chi connectivity index (χ0) is 24.8. The highest BCUT2D eigenvalue weighted by molar-refractivity contribution is 5.71. The molecule has 2 rings (SSSR count). The van der Waals surface area contributed by atoms with Crippen LogP contribution >= 0.6 is 0 Å². The number of hydrogen-bond acceptors (Lipinski definition) is 7. The maximum Gasteiger partial charge on any atom is 0.408 e. The Morgan fingerprint density at radius 2 is 1.76 bits per heavy atom. The van der Waals surface area contributed by atoms with Crippen molar-refractivity contribution in [3.05, 3.63) is 60.2 Å². The van der Waals surface area contributed by atoms with E-state index in [4.69, 9.17) is 14.3 Å². The van der Waals surface area contributed by atoms with Gasteiger partial charge >= 0.3 is 6.09 Å². The smallest absolute Gasteiger partial charge is 0.408 e. The highest BCUT2D eigenvalue weighted by atomic mass is 16.7.